The third kappa shape index (κ3) is 2.17. The molecule has 2 heterocycles. The first-order chi connectivity index (χ1) is 10.3. The second kappa shape index (κ2) is 4.89. The SMILES string of the molecule is O=C(Nc1ncnc2c1CCC2)c1ccc2ncsc2c1. The van der Waals surface area contributed by atoms with Crippen LogP contribution < -0.4 is 5.32 Å². The minimum atomic E-state index is -0.141. The summed E-state index contributed by atoms with van der Waals surface area (Å²) in [4.78, 5) is 25.1. The van der Waals surface area contributed by atoms with Crippen LogP contribution in [0, 0.1) is 0 Å². The summed E-state index contributed by atoms with van der Waals surface area (Å²) < 4.78 is 1.01. The maximum absolute atomic E-state index is 12.4. The number of rotatable bonds is 2. The Morgan fingerprint density at radius 1 is 1.19 bits per heavy atom. The molecule has 1 amide bonds. The minimum Gasteiger partial charge on any atom is -0.306 e. The predicted molar refractivity (Wildman–Crippen MR) is 81.6 cm³/mol. The maximum Gasteiger partial charge on any atom is 0.256 e. The van der Waals surface area contributed by atoms with Crippen molar-refractivity contribution >= 4 is 33.3 Å². The van der Waals surface area contributed by atoms with Gasteiger partial charge in [-0.05, 0) is 37.5 Å². The Hall–Kier alpha value is -2.34. The lowest BCUT2D eigenvalue weighted by atomic mass is 10.2. The van der Waals surface area contributed by atoms with Gasteiger partial charge in [-0.15, -0.1) is 11.3 Å². The maximum atomic E-state index is 12.4. The van der Waals surface area contributed by atoms with Crippen molar-refractivity contribution in [2.45, 2.75) is 19.3 Å². The summed E-state index contributed by atoms with van der Waals surface area (Å²) in [6.07, 6.45) is 4.49. The van der Waals surface area contributed by atoms with Crippen molar-refractivity contribution in [3.8, 4) is 0 Å². The zero-order valence-corrected chi connectivity index (χ0v) is 12.0. The molecule has 1 N–H and O–H groups in total. The zero-order valence-electron chi connectivity index (χ0n) is 11.2. The fourth-order valence-electron chi connectivity index (χ4n) is 2.64. The Morgan fingerprint density at radius 3 is 3.10 bits per heavy atom. The number of nitrogens with zero attached hydrogens (tertiary/aromatic N) is 3. The first kappa shape index (κ1) is 12.4. The van der Waals surface area contributed by atoms with Gasteiger partial charge in [0.05, 0.1) is 15.7 Å². The highest BCUT2D eigenvalue weighted by atomic mass is 32.1. The van der Waals surface area contributed by atoms with E-state index in [-0.39, 0.29) is 5.91 Å². The van der Waals surface area contributed by atoms with E-state index in [2.05, 4.69) is 20.3 Å². The lowest BCUT2D eigenvalue weighted by Gasteiger charge is -2.08. The van der Waals surface area contributed by atoms with Crippen molar-refractivity contribution in [2.75, 3.05) is 5.32 Å². The predicted octanol–water partition coefficient (Wildman–Crippen LogP) is 2.83. The Labute approximate surface area is 125 Å². The average molecular weight is 296 g/mol. The van der Waals surface area contributed by atoms with E-state index in [1.165, 1.54) is 17.7 Å². The van der Waals surface area contributed by atoms with Gasteiger partial charge in [0.25, 0.3) is 5.91 Å². The fraction of sp³-hybridized carbons (Fsp3) is 0.200. The van der Waals surface area contributed by atoms with E-state index in [1.54, 1.807) is 11.6 Å². The third-order valence-electron chi connectivity index (χ3n) is 3.70. The van der Waals surface area contributed by atoms with Crippen molar-refractivity contribution in [1.29, 1.82) is 0 Å². The monoisotopic (exact) mass is 296 g/mol. The second-order valence-corrected chi connectivity index (χ2v) is 5.88. The van der Waals surface area contributed by atoms with E-state index >= 15 is 0 Å². The first-order valence-electron chi connectivity index (χ1n) is 6.78. The van der Waals surface area contributed by atoms with Crippen LogP contribution in [0.5, 0.6) is 0 Å². The molecule has 0 unspecified atom stereocenters. The number of nitrogens with one attached hydrogen (secondary N) is 1. The minimum absolute atomic E-state index is 0.141. The Kier molecular flexibility index (Phi) is 2.89. The van der Waals surface area contributed by atoms with Gasteiger partial charge in [-0.3, -0.25) is 4.79 Å². The van der Waals surface area contributed by atoms with E-state index in [0.717, 1.165) is 40.7 Å². The van der Waals surface area contributed by atoms with Crippen LogP contribution in [0.15, 0.2) is 30.0 Å². The van der Waals surface area contributed by atoms with E-state index < -0.39 is 0 Å². The summed E-state index contributed by atoms with van der Waals surface area (Å²) in [6, 6.07) is 5.52. The lowest BCUT2D eigenvalue weighted by molar-refractivity contribution is 0.102. The van der Waals surface area contributed by atoms with Gasteiger partial charge >= 0.3 is 0 Å². The normalized spacial score (nSPS) is 13.3. The molecular weight excluding hydrogens is 284 g/mol. The molecule has 0 saturated carbocycles. The van der Waals surface area contributed by atoms with Crippen molar-refractivity contribution < 1.29 is 4.79 Å². The summed E-state index contributed by atoms with van der Waals surface area (Å²) in [7, 11) is 0. The first-order valence-corrected chi connectivity index (χ1v) is 7.66. The Morgan fingerprint density at radius 2 is 2.14 bits per heavy atom. The van der Waals surface area contributed by atoms with Crippen molar-refractivity contribution in [2.24, 2.45) is 0 Å². The molecule has 1 aliphatic rings. The van der Waals surface area contributed by atoms with Crippen LogP contribution in [0.1, 0.15) is 28.0 Å². The van der Waals surface area contributed by atoms with Gasteiger partial charge in [0.1, 0.15) is 12.1 Å². The number of hydrogen-bond donors (Lipinski definition) is 1. The van der Waals surface area contributed by atoms with Crippen molar-refractivity contribution in [1.82, 2.24) is 15.0 Å². The van der Waals surface area contributed by atoms with Crippen LogP contribution in [0.25, 0.3) is 10.2 Å². The number of thiazole rings is 1. The molecule has 4 rings (SSSR count). The van der Waals surface area contributed by atoms with E-state index in [4.69, 9.17) is 0 Å². The second-order valence-electron chi connectivity index (χ2n) is 4.99. The quantitative estimate of drug-likeness (QED) is 0.789. The molecular formula is C15H12N4OS. The Bertz CT molecular complexity index is 843. The molecule has 1 aromatic carbocycles. The number of aryl methyl sites for hydroxylation is 1. The number of aromatic nitrogens is 3. The number of carbonyl (C=O) groups excluding carboxylic acids is 1. The van der Waals surface area contributed by atoms with Crippen LogP contribution in [-0.4, -0.2) is 20.9 Å². The molecule has 2 aromatic heterocycles. The van der Waals surface area contributed by atoms with Gasteiger partial charge < -0.3 is 5.32 Å². The van der Waals surface area contributed by atoms with E-state index in [9.17, 15) is 4.79 Å². The molecule has 0 radical (unpaired) electrons. The number of hydrogen-bond acceptors (Lipinski definition) is 5. The number of fused-ring (bicyclic) bond motifs is 2. The van der Waals surface area contributed by atoms with Gasteiger partial charge in [-0.25, -0.2) is 15.0 Å². The van der Waals surface area contributed by atoms with Gasteiger partial charge in [0.2, 0.25) is 0 Å². The molecule has 0 aliphatic heterocycles. The molecule has 104 valence electrons. The molecule has 1 aliphatic carbocycles. The largest absolute Gasteiger partial charge is 0.306 e. The summed E-state index contributed by atoms with van der Waals surface area (Å²) in [5.41, 5.74) is 5.45. The molecule has 0 spiro atoms. The number of amides is 1. The summed E-state index contributed by atoms with van der Waals surface area (Å²) >= 11 is 1.53. The van der Waals surface area contributed by atoms with E-state index in [1.807, 2.05) is 12.1 Å². The smallest absolute Gasteiger partial charge is 0.256 e. The van der Waals surface area contributed by atoms with Crippen LogP contribution in [0.3, 0.4) is 0 Å². The standard InChI is InChI=1S/C15H12N4OS/c20-15(9-4-5-12-13(6-9)21-8-18-12)19-14-10-2-1-3-11(10)16-7-17-14/h4-8H,1-3H2,(H,16,17,19,20). The number of benzene rings is 1. The molecule has 0 bridgehead atoms. The van der Waals surface area contributed by atoms with Crippen LogP contribution in [0.2, 0.25) is 0 Å². The topological polar surface area (TPSA) is 67.8 Å². The summed E-state index contributed by atoms with van der Waals surface area (Å²) in [6.45, 7) is 0. The van der Waals surface area contributed by atoms with Gasteiger partial charge in [0, 0.05) is 16.8 Å². The molecule has 0 saturated heterocycles. The summed E-state index contributed by atoms with van der Waals surface area (Å²) in [5.74, 6) is 0.505. The molecule has 3 aromatic rings. The number of carbonyl (C=O) groups is 1. The zero-order chi connectivity index (χ0) is 14.2. The van der Waals surface area contributed by atoms with Crippen LogP contribution in [-0.2, 0) is 12.8 Å². The van der Waals surface area contributed by atoms with Gasteiger partial charge in [-0.1, -0.05) is 0 Å². The molecule has 0 fully saturated rings. The highest BCUT2D eigenvalue weighted by Gasteiger charge is 2.19. The van der Waals surface area contributed by atoms with Crippen LogP contribution in [0.4, 0.5) is 5.82 Å². The van der Waals surface area contributed by atoms with E-state index in [0.29, 0.717) is 11.4 Å². The summed E-state index contributed by atoms with van der Waals surface area (Å²) in [5, 5.41) is 2.91. The lowest BCUT2D eigenvalue weighted by Crippen LogP contribution is -2.14. The molecule has 21 heavy (non-hydrogen) atoms. The third-order valence-corrected chi connectivity index (χ3v) is 4.49. The van der Waals surface area contributed by atoms with Gasteiger partial charge in [0.15, 0.2) is 0 Å². The fourth-order valence-corrected chi connectivity index (χ4v) is 3.36. The highest BCUT2D eigenvalue weighted by Crippen LogP contribution is 2.26. The Balaban J connectivity index is 1.65. The number of anilines is 1. The highest BCUT2D eigenvalue weighted by molar-refractivity contribution is 7.16. The molecule has 5 nitrogen and oxygen atoms in total. The average Bonchev–Trinajstić information content (AvgIpc) is 3.15. The van der Waals surface area contributed by atoms with Crippen molar-refractivity contribution in [3.05, 3.63) is 46.9 Å². The van der Waals surface area contributed by atoms with Gasteiger partial charge in [-0.2, -0.15) is 0 Å². The molecule has 0 atom stereocenters. The van der Waals surface area contributed by atoms with Crippen LogP contribution >= 0.6 is 11.3 Å². The molecule has 6 heteroatoms. The van der Waals surface area contributed by atoms with Crippen molar-refractivity contribution in [3.63, 3.8) is 0 Å².